The van der Waals surface area contributed by atoms with Gasteiger partial charge in [0.15, 0.2) is 0 Å². The second-order valence-corrected chi connectivity index (χ2v) is 4.70. The first-order chi connectivity index (χ1) is 10.7. The van der Waals surface area contributed by atoms with E-state index in [0.29, 0.717) is 5.56 Å². The number of hydrogen-bond acceptors (Lipinski definition) is 3. The molecule has 0 fully saturated rings. The third-order valence-electron chi connectivity index (χ3n) is 2.72. The van der Waals surface area contributed by atoms with Gasteiger partial charge in [-0.15, -0.1) is 0 Å². The minimum Gasteiger partial charge on any atom is -0.481 e. The molecule has 0 saturated carbocycles. The lowest BCUT2D eigenvalue weighted by molar-refractivity contribution is -0.141. The van der Waals surface area contributed by atoms with Crippen LogP contribution in [0.4, 0.5) is 13.2 Å². The van der Waals surface area contributed by atoms with Gasteiger partial charge >= 0.3 is 12.1 Å². The fourth-order valence-electron chi connectivity index (χ4n) is 1.76. The quantitative estimate of drug-likeness (QED) is 0.658. The summed E-state index contributed by atoms with van der Waals surface area (Å²) < 4.78 is 35.8. The fourth-order valence-corrected chi connectivity index (χ4v) is 1.76. The van der Waals surface area contributed by atoms with Gasteiger partial charge in [0, 0.05) is 0 Å². The van der Waals surface area contributed by atoms with Gasteiger partial charge in [0.25, 0.3) is 0 Å². The minimum absolute atomic E-state index is 0.417. The van der Waals surface area contributed by atoms with Gasteiger partial charge in [0.1, 0.15) is 13.0 Å². The molecule has 0 radical (unpaired) electrons. The molecule has 1 aromatic carbocycles. The molecule has 0 spiro atoms. The van der Waals surface area contributed by atoms with Gasteiger partial charge in [-0.3, -0.25) is 14.4 Å². The number of benzene rings is 1. The number of halogens is 3. The van der Waals surface area contributed by atoms with Crippen LogP contribution in [0.2, 0.25) is 0 Å². The predicted molar refractivity (Wildman–Crippen MR) is 73.3 cm³/mol. The maximum atomic E-state index is 11.9. The summed E-state index contributed by atoms with van der Waals surface area (Å²) in [4.78, 5) is 33.8. The van der Waals surface area contributed by atoms with E-state index in [-0.39, 0.29) is 0 Å². The molecule has 1 unspecified atom stereocenters. The first kappa shape index (κ1) is 18.5. The smallest absolute Gasteiger partial charge is 0.405 e. The Bertz CT molecular complexity index is 561. The van der Waals surface area contributed by atoms with Crippen LogP contribution in [0.25, 0.3) is 0 Å². The van der Waals surface area contributed by atoms with Crippen LogP contribution in [0.3, 0.4) is 0 Å². The van der Waals surface area contributed by atoms with Crippen molar-refractivity contribution in [2.45, 2.75) is 25.1 Å². The monoisotopic (exact) mass is 332 g/mol. The van der Waals surface area contributed by atoms with E-state index in [1.165, 1.54) is 0 Å². The highest BCUT2D eigenvalue weighted by atomic mass is 19.4. The van der Waals surface area contributed by atoms with Crippen LogP contribution in [0, 0.1) is 0 Å². The molecule has 23 heavy (non-hydrogen) atoms. The van der Waals surface area contributed by atoms with E-state index < -0.39 is 49.4 Å². The van der Waals surface area contributed by atoms with Crippen molar-refractivity contribution in [3.05, 3.63) is 35.9 Å². The van der Waals surface area contributed by atoms with Crippen molar-refractivity contribution in [1.82, 2.24) is 10.6 Å². The summed E-state index contributed by atoms with van der Waals surface area (Å²) in [6, 6.07) is 7.30. The molecule has 126 valence electrons. The first-order valence-corrected chi connectivity index (χ1v) is 6.57. The molecule has 0 aliphatic heterocycles. The zero-order valence-corrected chi connectivity index (χ0v) is 11.9. The molecule has 0 aliphatic rings. The number of carboxylic acid groups (broad SMARTS) is 1. The van der Waals surface area contributed by atoms with Crippen molar-refractivity contribution in [3.63, 3.8) is 0 Å². The number of amides is 2. The third-order valence-corrected chi connectivity index (χ3v) is 2.72. The zero-order valence-electron chi connectivity index (χ0n) is 11.9. The summed E-state index contributed by atoms with van der Waals surface area (Å²) in [7, 11) is 0. The van der Waals surface area contributed by atoms with Gasteiger partial charge in [-0.25, -0.2) is 0 Å². The maximum absolute atomic E-state index is 11.9. The van der Waals surface area contributed by atoms with E-state index in [0.717, 1.165) is 0 Å². The van der Waals surface area contributed by atoms with Crippen LogP contribution in [-0.2, 0) is 14.4 Å². The molecule has 9 heteroatoms. The Kier molecular flexibility index (Phi) is 6.55. The van der Waals surface area contributed by atoms with Crippen molar-refractivity contribution in [1.29, 1.82) is 0 Å². The van der Waals surface area contributed by atoms with Gasteiger partial charge < -0.3 is 15.7 Å². The number of carboxylic acids is 1. The summed E-state index contributed by atoms with van der Waals surface area (Å²) in [5, 5.41) is 12.8. The summed E-state index contributed by atoms with van der Waals surface area (Å²) in [6.07, 6.45) is -5.80. The predicted octanol–water partition coefficient (Wildman–Crippen LogP) is 1.39. The first-order valence-electron chi connectivity index (χ1n) is 6.57. The molecule has 6 nitrogen and oxygen atoms in total. The van der Waals surface area contributed by atoms with Crippen molar-refractivity contribution < 1.29 is 32.7 Å². The Balaban J connectivity index is 2.60. The largest absolute Gasteiger partial charge is 0.481 e. The molecule has 2 amide bonds. The summed E-state index contributed by atoms with van der Waals surface area (Å²) >= 11 is 0. The Morgan fingerprint density at radius 1 is 1.09 bits per heavy atom. The number of rotatable bonds is 7. The maximum Gasteiger partial charge on any atom is 0.405 e. The molecule has 1 aromatic rings. The van der Waals surface area contributed by atoms with Crippen LogP contribution < -0.4 is 10.6 Å². The molecule has 0 aromatic heterocycles. The van der Waals surface area contributed by atoms with Crippen LogP contribution in [0.15, 0.2) is 30.3 Å². The normalized spacial score (nSPS) is 12.3. The van der Waals surface area contributed by atoms with E-state index in [1.54, 1.807) is 35.6 Å². The lowest BCUT2D eigenvalue weighted by Crippen LogP contribution is -2.38. The SMILES string of the molecule is O=C(O)CC(NC(=O)CC(=O)NCC(F)(F)F)c1ccccc1. The third kappa shape index (κ3) is 7.84. The average Bonchev–Trinajstić information content (AvgIpc) is 2.44. The lowest BCUT2D eigenvalue weighted by atomic mass is 10.0. The number of carbonyl (C=O) groups is 3. The van der Waals surface area contributed by atoms with Crippen LogP contribution in [0.1, 0.15) is 24.4 Å². The average molecular weight is 332 g/mol. The van der Waals surface area contributed by atoms with Crippen molar-refractivity contribution in [2.24, 2.45) is 0 Å². The van der Waals surface area contributed by atoms with Crippen LogP contribution >= 0.6 is 0 Å². The number of carbonyl (C=O) groups excluding carboxylic acids is 2. The molecule has 1 atom stereocenters. The molecule has 3 N–H and O–H groups in total. The van der Waals surface area contributed by atoms with Crippen LogP contribution in [-0.4, -0.2) is 35.6 Å². The van der Waals surface area contributed by atoms with Crippen LogP contribution in [0.5, 0.6) is 0 Å². The number of nitrogens with one attached hydrogen (secondary N) is 2. The van der Waals surface area contributed by atoms with E-state index in [2.05, 4.69) is 5.32 Å². The minimum atomic E-state index is -4.57. The Labute approximate surface area is 129 Å². The molecule has 0 heterocycles. The topological polar surface area (TPSA) is 95.5 Å². The molecular formula is C14H15F3N2O4. The molecule has 0 saturated heterocycles. The van der Waals surface area contributed by atoms with E-state index in [9.17, 15) is 27.6 Å². The Morgan fingerprint density at radius 2 is 1.70 bits per heavy atom. The second kappa shape index (κ2) is 8.16. The standard InChI is InChI=1S/C14H15F3N2O4/c15-14(16,17)8-18-11(20)7-12(21)19-10(6-13(22)23)9-4-2-1-3-5-9/h1-5,10H,6-8H2,(H,18,20)(H,19,21)(H,22,23). The van der Waals surface area contributed by atoms with Crippen molar-refractivity contribution in [3.8, 4) is 0 Å². The molecule has 1 rings (SSSR count). The van der Waals surface area contributed by atoms with Gasteiger partial charge in [0.05, 0.1) is 12.5 Å². The van der Waals surface area contributed by atoms with Crippen molar-refractivity contribution >= 4 is 17.8 Å². The highest BCUT2D eigenvalue weighted by Crippen LogP contribution is 2.16. The van der Waals surface area contributed by atoms with Crippen molar-refractivity contribution in [2.75, 3.05) is 6.54 Å². The number of hydrogen-bond donors (Lipinski definition) is 3. The van der Waals surface area contributed by atoms with Gasteiger partial charge in [-0.2, -0.15) is 13.2 Å². The number of alkyl halides is 3. The van der Waals surface area contributed by atoms with E-state index >= 15 is 0 Å². The van der Waals surface area contributed by atoms with E-state index in [1.807, 2.05) is 0 Å². The highest BCUT2D eigenvalue weighted by molar-refractivity contribution is 5.97. The Hall–Kier alpha value is -2.58. The van der Waals surface area contributed by atoms with Gasteiger partial charge in [-0.05, 0) is 5.56 Å². The summed E-state index contributed by atoms with van der Waals surface area (Å²) in [5.41, 5.74) is 0.513. The molecule has 0 bridgehead atoms. The highest BCUT2D eigenvalue weighted by Gasteiger charge is 2.28. The number of aliphatic carboxylic acids is 1. The molecular weight excluding hydrogens is 317 g/mol. The molecule has 0 aliphatic carbocycles. The van der Waals surface area contributed by atoms with Gasteiger partial charge in [0.2, 0.25) is 11.8 Å². The second-order valence-electron chi connectivity index (χ2n) is 4.70. The lowest BCUT2D eigenvalue weighted by Gasteiger charge is -2.17. The summed E-state index contributed by atoms with van der Waals surface area (Å²) in [5.74, 6) is -3.12. The Morgan fingerprint density at radius 3 is 2.22 bits per heavy atom. The fraction of sp³-hybridized carbons (Fsp3) is 0.357. The zero-order chi connectivity index (χ0) is 17.5. The van der Waals surface area contributed by atoms with E-state index in [4.69, 9.17) is 5.11 Å². The van der Waals surface area contributed by atoms with Gasteiger partial charge in [-0.1, -0.05) is 30.3 Å². The summed E-state index contributed by atoms with van der Waals surface area (Å²) in [6.45, 7) is -1.53.